The van der Waals surface area contributed by atoms with E-state index in [9.17, 15) is 9.59 Å². The minimum atomic E-state index is -0.685. The van der Waals surface area contributed by atoms with Gasteiger partial charge in [0.05, 0.1) is 12.2 Å². The van der Waals surface area contributed by atoms with Gasteiger partial charge in [-0.25, -0.2) is 4.79 Å². The zero-order valence-corrected chi connectivity index (χ0v) is 14.9. The van der Waals surface area contributed by atoms with E-state index in [1.165, 1.54) is 0 Å². The average molecular weight is 362 g/mol. The number of esters is 1. The fraction of sp³-hybridized carbons (Fsp3) is 0.263. The number of halogens is 1. The van der Waals surface area contributed by atoms with Crippen LogP contribution in [0.2, 0.25) is 5.02 Å². The second kappa shape index (κ2) is 9.08. The van der Waals surface area contributed by atoms with Crippen LogP contribution in [0.25, 0.3) is 0 Å². The molecule has 2 aromatic rings. The van der Waals surface area contributed by atoms with E-state index in [0.29, 0.717) is 28.6 Å². The molecule has 6 heteroatoms. The van der Waals surface area contributed by atoms with Crippen molar-refractivity contribution < 1.29 is 19.1 Å². The topological polar surface area (TPSA) is 64.6 Å². The zero-order valence-electron chi connectivity index (χ0n) is 14.1. The van der Waals surface area contributed by atoms with Crippen LogP contribution in [0.3, 0.4) is 0 Å². The normalized spacial score (nSPS) is 11.5. The molecule has 1 atom stereocenters. The van der Waals surface area contributed by atoms with Crippen LogP contribution in [0, 0.1) is 0 Å². The highest BCUT2D eigenvalue weighted by atomic mass is 35.5. The number of nitrogens with one attached hydrogen (secondary N) is 1. The molecule has 0 aromatic heterocycles. The van der Waals surface area contributed by atoms with Gasteiger partial charge in [-0.3, -0.25) is 4.79 Å². The predicted molar refractivity (Wildman–Crippen MR) is 97.2 cm³/mol. The molecule has 0 saturated heterocycles. The Bertz CT molecular complexity index is 713. The number of ether oxygens (including phenoxy) is 2. The van der Waals surface area contributed by atoms with Crippen molar-refractivity contribution >= 4 is 29.2 Å². The molecule has 0 aliphatic rings. The van der Waals surface area contributed by atoms with Gasteiger partial charge >= 0.3 is 5.97 Å². The lowest BCUT2D eigenvalue weighted by Crippen LogP contribution is -2.30. The number of hydrogen-bond donors (Lipinski definition) is 1. The van der Waals surface area contributed by atoms with Crippen molar-refractivity contribution in [3.8, 4) is 5.75 Å². The lowest BCUT2D eigenvalue weighted by Gasteiger charge is -2.15. The van der Waals surface area contributed by atoms with Crippen LogP contribution in [-0.4, -0.2) is 24.6 Å². The summed E-state index contributed by atoms with van der Waals surface area (Å²) in [5.74, 6) is -0.114. The molecule has 1 N–H and O–H groups in total. The second-order valence-electron chi connectivity index (χ2n) is 5.42. The highest BCUT2D eigenvalue weighted by Crippen LogP contribution is 2.17. The summed E-state index contributed by atoms with van der Waals surface area (Å²) in [7, 11) is 0. The Kier molecular flexibility index (Phi) is 6.83. The van der Waals surface area contributed by atoms with Gasteiger partial charge in [0.15, 0.2) is 6.10 Å². The molecule has 1 unspecified atom stereocenters. The van der Waals surface area contributed by atoms with Crippen LogP contribution in [0.5, 0.6) is 5.75 Å². The first-order valence-corrected chi connectivity index (χ1v) is 8.37. The van der Waals surface area contributed by atoms with Crippen LogP contribution < -0.4 is 10.1 Å². The van der Waals surface area contributed by atoms with Crippen LogP contribution in [0.15, 0.2) is 48.5 Å². The summed E-state index contributed by atoms with van der Waals surface area (Å²) >= 11 is 5.81. The van der Waals surface area contributed by atoms with Gasteiger partial charge in [-0.15, -0.1) is 0 Å². The minimum absolute atomic E-state index is 0.295. The van der Waals surface area contributed by atoms with Crippen LogP contribution >= 0.6 is 11.6 Å². The number of benzene rings is 2. The molecule has 25 heavy (non-hydrogen) atoms. The predicted octanol–water partition coefficient (Wildman–Crippen LogP) is 4.31. The van der Waals surface area contributed by atoms with E-state index in [2.05, 4.69) is 5.32 Å². The fourth-order valence-electron chi connectivity index (χ4n) is 1.98. The van der Waals surface area contributed by atoms with E-state index < -0.39 is 6.10 Å². The number of rotatable bonds is 7. The van der Waals surface area contributed by atoms with E-state index in [1.807, 2.05) is 6.92 Å². The van der Waals surface area contributed by atoms with E-state index in [-0.39, 0.29) is 11.9 Å². The summed E-state index contributed by atoms with van der Waals surface area (Å²) in [6, 6.07) is 13.3. The Labute approximate surface area is 151 Å². The third-order valence-corrected chi connectivity index (χ3v) is 3.57. The fourth-order valence-corrected chi connectivity index (χ4v) is 2.11. The maximum Gasteiger partial charge on any atom is 0.338 e. The van der Waals surface area contributed by atoms with Crippen molar-refractivity contribution in [3.05, 3.63) is 59.1 Å². The quantitative estimate of drug-likeness (QED) is 0.746. The molecule has 0 spiro atoms. The van der Waals surface area contributed by atoms with Crippen LogP contribution in [-0.2, 0) is 9.53 Å². The molecular formula is C19H20ClNO4. The summed E-state index contributed by atoms with van der Waals surface area (Å²) in [4.78, 5) is 23.9. The molecule has 2 rings (SSSR count). The van der Waals surface area contributed by atoms with Gasteiger partial charge in [-0.1, -0.05) is 18.5 Å². The lowest BCUT2D eigenvalue weighted by atomic mass is 10.2. The smallest absolute Gasteiger partial charge is 0.338 e. The van der Waals surface area contributed by atoms with Gasteiger partial charge in [0.1, 0.15) is 5.75 Å². The molecule has 0 aliphatic heterocycles. The Morgan fingerprint density at radius 2 is 1.72 bits per heavy atom. The second-order valence-corrected chi connectivity index (χ2v) is 5.85. The van der Waals surface area contributed by atoms with E-state index >= 15 is 0 Å². The SMILES string of the molecule is CCCOC(=O)c1ccc(NC(=O)C(C)Oc2ccc(Cl)cc2)cc1. The highest BCUT2D eigenvalue weighted by molar-refractivity contribution is 6.30. The summed E-state index contributed by atoms with van der Waals surface area (Å²) in [5, 5.41) is 3.34. The average Bonchev–Trinajstić information content (AvgIpc) is 2.62. The lowest BCUT2D eigenvalue weighted by molar-refractivity contribution is -0.122. The zero-order chi connectivity index (χ0) is 18.2. The molecule has 0 radical (unpaired) electrons. The first-order chi connectivity index (χ1) is 12.0. The number of anilines is 1. The van der Waals surface area contributed by atoms with Gasteiger partial charge in [0.2, 0.25) is 0 Å². The van der Waals surface area contributed by atoms with Crippen molar-refractivity contribution in [1.82, 2.24) is 0 Å². The van der Waals surface area contributed by atoms with Crippen molar-refractivity contribution in [2.75, 3.05) is 11.9 Å². The Hall–Kier alpha value is -2.53. The van der Waals surface area contributed by atoms with Crippen LogP contribution in [0.1, 0.15) is 30.6 Å². The Balaban J connectivity index is 1.91. The minimum Gasteiger partial charge on any atom is -0.481 e. The van der Waals surface area contributed by atoms with E-state index in [0.717, 1.165) is 6.42 Å². The molecule has 0 heterocycles. The monoisotopic (exact) mass is 361 g/mol. The molecule has 0 saturated carbocycles. The molecule has 132 valence electrons. The summed E-state index contributed by atoms with van der Waals surface area (Å²) in [6.45, 7) is 3.97. The summed E-state index contributed by atoms with van der Waals surface area (Å²) < 4.78 is 10.6. The summed E-state index contributed by atoms with van der Waals surface area (Å²) in [6.07, 6.45) is 0.0844. The molecular weight excluding hydrogens is 342 g/mol. The Morgan fingerprint density at radius 1 is 1.08 bits per heavy atom. The van der Waals surface area contributed by atoms with E-state index in [1.54, 1.807) is 55.5 Å². The highest BCUT2D eigenvalue weighted by Gasteiger charge is 2.15. The molecule has 2 aromatic carbocycles. The van der Waals surface area contributed by atoms with Crippen LogP contribution in [0.4, 0.5) is 5.69 Å². The largest absolute Gasteiger partial charge is 0.481 e. The molecule has 0 bridgehead atoms. The van der Waals surface area contributed by atoms with Gasteiger partial charge in [-0.2, -0.15) is 0 Å². The third-order valence-electron chi connectivity index (χ3n) is 3.32. The molecule has 0 aliphatic carbocycles. The first-order valence-electron chi connectivity index (χ1n) is 8.00. The standard InChI is InChI=1S/C19H20ClNO4/c1-3-12-24-19(23)14-4-8-16(9-5-14)21-18(22)13(2)25-17-10-6-15(20)7-11-17/h4-11,13H,3,12H2,1-2H3,(H,21,22). The number of hydrogen-bond acceptors (Lipinski definition) is 4. The van der Waals surface area contributed by atoms with Gasteiger partial charge in [0.25, 0.3) is 5.91 Å². The molecule has 1 amide bonds. The first kappa shape index (κ1) is 18.8. The van der Waals surface area contributed by atoms with Crippen molar-refractivity contribution in [3.63, 3.8) is 0 Å². The number of amides is 1. The van der Waals surface area contributed by atoms with Crippen molar-refractivity contribution in [1.29, 1.82) is 0 Å². The van der Waals surface area contributed by atoms with E-state index in [4.69, 9.17) is 21.1 Å². The third kappa shape index (κ3) is 5.80. The maximum absolute atomic E-state index is 12.2. The van der Waals surface area contributed by atoms with Gasteiger partial charge in [0, 0.05) is 10.7 Å². The maximum atomic E-state index is 12.2. The summed E-state index contributed by atoms with van der Waals surface area (Å²) in [5.41, 5.74) is 1.01. The van der Waals surface area contributed by atoms with Crippen molar-refractivity contribution in [2.24, 2.45) is 0 Å². The van der Waals surface area contributed by atoms with Gasteiger partial charge < -0.3 is 14.8 Å². The van der Waals surface area contributed by atoms with Gasteiger partial charge in [-0.05, 0) is 61.9 Å². The molecule has 5 nitrogen and oxygen atoms in total. The Morgan fingerprint density at radius 3 is 2.32 bits per heavy atom. The number of carbonyl (C=O) groups excluding carboxylic acids is 2. The molecule has 0 fully saturated rings. The number of carbonyl (C=O) groups is 2. The van der Waals surface area contributed by atoms with Crippen molar-refractivity contribution in [2.45, 2.75) is 26.4 Å².